The third-order valence-electron chi connectivity index (χ3n) is 4.47. The first-order valence-electron chi connectivity index (χ1n) is 8.52. The quantitative estimate of drug-likeness (QED) is 0.837. The molecule has 0 aliphatic carbocycles. The number of rotatable bonds is 6. The Morgan fingerprint density at radius 2 is 2.00 bits per heavy atom. The summed E-state index contributed by atoms with van der Waals surface area (Å²) in [6.45, 7) is 4.59. The maximum Gasteiger partial charge on any atom is 0.259 e. The van der Waals surface area contributed by atoms with Gasteiger partial charge in [-0.15, -0.1) is 0 Å². The van der Waals surface area contributed by atoms with Crippen molar-refractivity contribution >= 4 is 17.6 Å². The molecule has 3 N–H and O–H groups in total. The molecule has 3 rings (SSSR count). The first-order chi connectivity index (χ1) is 12.4. The highest BCUT2D eigenvalue weighted by Gasteiger charge is 2.43. The number of methoxy groups -OCH3 is 1. The smallest absolute Gasteiger partial charge is 0.259 e. The molecule has 136 valence electrons. The molecule has 1 aliphatic heterocycles. The molecule has 0 saturated carbocycles. The van der Waals surface area contributed by atoms with E-state index in [1.54, 1.807) is 18.9 Å². The zero-order valence-corrected chi connectivity index (χ0v) is 15.3. The zero-order valence-electron chi connectivity index (χ0n) is 15.3. The summed E-state index contributed by atoms with van der Waals surface area (Å²) in [7, 11) is 1.62. The highest BCUT2D eigenvalue weighted by Crippen LogP contribution is 2.25. The molecule has 1 aliphatic rings. The second-order valence-corrected chi connectivity index (χ2v) is 6.71. The molecule has 6 nitrogen and oxygen atoms in total. The minimum absolute atomic E-state index is 0.105. The number of carbonyl (C=O) groups excluding carboxylic acids is 1. The molecular weight excluding hydrogens is 328 g/mol. The molecule has 1 heterocycles. The van der Waals surface area contributed by atoms with Gasteiger partial charge < -0.3 is 15.8 Å². The Morgan fingerprint density at radius 1 is 1.23 bits per heavy atom. The van der Waals surface area contributed by atoms with Gasteiger partial charge in [-0.05, 0) is 31.5 Å². The standard InChI is InChI=1S/C20H24N4O2/c1-14-6-4-7-15(10-14)12-24-18(25)20(2,23-19(24)21)13-22-16-8-5-9-17(11-16)26-3/h4-11,22H,12-13H2,1-3H3,(H2,21,23). The molecule has 0 saturated heterocycles. The number of nitrogens with zero attached hydrogens (tertiary/aromatic N) is 2. The van der Waals surface area contributed by atoms with Gasteiger partial charge in [0.15, 0.2) is 11.5 Å². The van der Waals surface area contributed by atoms with Crippen molar-refractivity contribution in [2.45, 2.75) is 25.9 Å². The fraction of sp³-hybridized carbons (Fsp3) is 0.300. The highest BCUT2D eigenvalue weighted by molar-refractivity contribution is 6.06. The third-order valence-corrected chi connectivity index (χ3v) is 4.47. The van der Waals surface area contributed by atoms with Crippen LogP contribution in [0.4, 0.5) is 5.69 Å². The highest BCUT2D eigenvalue weighted by atomic mass is 16.5. The van der Waals surface area contributed by atoms with Crippen LogP contribution in [0, 0.1) is 6.92 Å². The van der Waals surface area contributed by atoms with E-state index in [1.807, 2.05) is 55.5 Å². The van der Waals surface area contributed by atoms with Crippen LogP contribution in [-0.4, -0.2) is 36.0 Å². The van der Waals surface area contributed by atoms with E-state index in [2.05, 4.69) is 10.3 Å². The van der Waals surface area contributed by atoms with Gasteiger partial charge in [0.1, 0.15) is 5.75 Å². The number of aliphatic imine (C=N–C) groups is 1. The van der Waals surface area contributed by atoms with Gasteiger partial charge in [-0.2, -0.15) is 0 Å². The summed E-state index contributed by atoms with van der Waals surface area (Å²) in [6.07, 6.45) is 0. The molecule has 1 amide bonds. The van der Waals surface area contributed by atoms with Crippen LogP contribution < -0.4 is 15.8 Å². The number of aryl methyl sites for hydroxylation is 1. The molecule has 0 bridgehead atoms. The first-order valence-corrected chi connectivity index (χ1v) is 8.52. The van der Waals surface area contributed by atoms with Crippen molar-refractivity contribution in [3.63, 3.8) is 0 Å². The van der Waals surface area contributed by atoms with Crippen molar-refractivity contribution in [2.24, 2.45) is 10.7 Å². The van der Waals surface area contributed by atoms with Gasteiger partial charge in [0.2, 0.25) is 0 Å². The summed E-state index contributed by atoms with van der Waals surface area (Å²) in [5, 5.41) is 3.26. The van der Waals surface area contributed by atoms with Crippen LogP contribution >= 0.6 is 0 Å². The molecule has 0 aromatic heterocycles. The zero-order chi connectivity index (χ0) is 18.7. The lowest BCUT2D eigenvalue weighted by atomic mass is 10.0. The number of guanidine groups is 1. The van der Waals surface area contributed by atoms with Gasteiger partial charge in [-0.3, -0.25) is 9.69 Å². The lowest BCUT2D eigenvalue weighted by molar-refractivity contribution is -0.130. The Balaban J connectivity index is 1.71. The fourth-order valence-electron chi connectivity index (χ4n) is 3.02. The second-order valence-electron chi connectivity index (χ2n) is 6.71. The number of nitrogens with two attached hydrogens (primary N) is 1. The predicted octanol–water partition coefficient (Wildman–Crippen LogP) is 2.53. The van der Waals surface area contributed by atoms with E-state index in [0.29, 0.717) is 13.1 Å². The summed E-state index contributed by atoms with van der Waals surface area (Å²) < 4.78 is 5.22. The Kier molecular flexibility index (Phi) is 4.84. The maximum atomic E-state index is 12.9. The predicted molar refractivity (Wildman–Crippen MR) is 103 cm³/mol. The fourth-order valence-corrected chi connectivity index (χ4v) is 3.02. The number of anilines is 1. The van der Waals surface area contributed by atoms with Gasteiger partial charge in [0.25, 0.3) is 5.91 Å². The molecule has 0 spiro atoms. The molecule has 1 unspecified atom stereocenters. The van der Waals surface area contributed by atoms with Crippen molar-refractivity contribution in [3.8, 4) is 5.75 Å². The Morgan fingerprint density at radius 3 is 2.73 bits per heavy atom. The van der Waals surface area contributed by atoms with Gasteiger partial charge in [-0.25, -0.2) is 4.99 Å². The van der Waals surface area contributed by atoms with E-state index >= 15 is 0 Å². The Hall–Kier alpha value is -3.02. The van der Waals surface area contributed by atoms with Gasteiger partial charge >= 0.3 is 0 Å². The number of hydrogen-bond donors (Lipinski definition) is 2. The molecule has 0 radical (unpaired) electrons. The molecule has 2 aromatic carbocycles. The third kappa shape index (κ3) is 3.64. The number of nitrogens with one attached hydrogen (secondary N) is 1. The van der Waals surface area contributed by atoms with Crippen LogP contribution in [0.3, 0.4) is 0 Å². The SMILES string of the molecule is COc1cccc(NCC2(C)N=C(N)N(Cc3cccc(C)c3)C2=O)c1. The topological polar surface area (TPSA) is 80.0 Å². The Bertz CT molecular complexity index is 849. The number of amides is 1. The number of carbonyl (C=O) groups is 1. The largest absolute Gasteiger partial charge is 0.497 e. The Labute approximate surface area is 153 Å². The molecule has 0 fully saturated rings. The minimum atomic E-state index is -0.934. The number of ether oxygens (including phenoxy) is 1. The molecule has 26 heavy (non-hydrogen) atoms. The van der Waals surface area contributed by atoms with Crippen LogP contribution in [0.2, 0.25) is 0 Å². The molecule has 2 aromatic rings. The second kappa shape index (κ2) is 7.07. The minimum Gasteiger partial charge on any atom is -0.497 e. The lowest BCUT2D eigenvalue weighted by Gasteiger charge is -2.23. The average molecular weight is 352 g/mol. The normalized spacial score (nSPS) is 19.4. The van der Waals surface area contributed by atoms with Crippen LogP contribution in [-0.2, 0) is 11.3 Å². The summed E-state index contributed by atoms with van der Waals surface area (Å²) in [5.41, 5.74) is 8.16. The maximum absolute atomic E-state index is 12.9. The van der Waals surface area contributed by atoms with Crippen molar-refractivity contribution in [3.05, 3.63) is 59.7 Å². The summed E-state index contributed by atoms with van der Waals surface area (Å²) in [4.78, 5) is 18.9. The number of hydrogen-bond acceptors (Lipinski definition) is 5. The molecule has 6 heteroatoms. The van der Waals surface area contributed by atoms with E-state index in [4.69, 9.17) is 10.5 Å². The van der Waals surface area contributed by atoms with Gasteiger partial charge in [0.05, 0.1) is 13.7 Å². The van der Waals surface area contributed by atoms with Crippen molar-refractivity contribution in [1.29, 1.82) is 0 Å². The van der Waals surface area contributed by atoms with E-state index < -0.39 is 5.54 Å². The monoisotopic (exact) mass is 352 g/mol. The van der Waals surface area contributed by atoms with E-state index in [1.165, 1.54) is 0 Å². The lowest BCUT2D eigenvalue weighted by Crippen LogP contribution is -2.45. The van der Waals surface area contributed by atoms with Crippen molar-refractivity contribution in [2.75, 3.05) is 19.0 Å². The summed E-state index contributed by atoms with van der Waals surface area (Å²) >= 11 is 0. The van der Waals surface area contributed by atoms with E-state index in [0.717, 1.165) is 22.6 Å². The summed E-state index contributed by atoms with van der Waals surface area (Å²) in [6, 6.07) is 15.6. The van der Waals surface area contributed by atoms with Crippen molar-refractivity contribution in [1.82, 2.24) is 4.90 Å². The first kappa shape index (κ1) is 17.8. The summed E-state index contributed by atoms with van der Waals surface area (Å²) in [5.74, 6) is 0.903. The average Bonchev–Trinajstić information content (AvgIpc) is 2.84. The van der Waals surface area contributed by atoms with Crippen LogP contribution in [0.15, 0.2) is 53.5 Å². The van der Waals surface area contributed by atoms with Crippen LogP contribution in [0.25, 0.3) is 0 Å². The van der Waals surface area contributed by atoms with Gasteiger partial charge in [-0.1, -0.05) is 35.9 Å². The van der Waals surface area contributed by atoms with Crippen LogP contribution in [0.1, 0.15) is 18.1 Å². The number of benzene rings is 2. The van der Waals surface area contributed by atoms with Gasteiger partial charge in [0, 0.05) is 18.3 Å². The van der Waals surface area contributed by atoms with Crippen LogP contribution in [0.5, 0.6) is 5.75 Å². The van der Waals surface area contributed by atoms with Crippen molar-refractivity contribution < 1.29 is 9.53 Å². The molecule has 1 atom stereocenters. The molecular formula is C20H24N4O2. The van der Waals surface area contributed by atoms with E-state index in [-0.39, 0.29) is 11.9 Å². The van der Waals surface area contributed by atoms with E-state index in [9.17, 15) is 4.79 Å².